The number of carbonyl (C=O) groups excluding carboxylic acids is 3. The third-order valence-corrected chi connectivity index (χ3v) is 9.38. The molecule has 3 atom stereocenters. The third kappa shape index (κ3) is 8.94. The summed E-state index contributed by atoms with van der Waals surface area (Å²) in [7, 11) is 0. The number of amides is 4. The van der Waals surface area contributed by atoms with Gasteiger partial charge in [0.05, 0.1) is 5.41 Å². The van der Waals surface area contributed by atoms with Crippen LogP contribution >= 0.6 is 0 Å². The third-order valence-electron chi connectivity index (χ3n) is 9.38. The summed E-state index contributed by atoms with van der Waals surface area (Å²) >= 11 is 0. The van der Waals surface area contributed by atoms with Crippen LogP contribution in [0.2, 0.25) is 0 Å². The number of halogens is 2. The molecule has 3 N–H and O–H groups in total. The first kappa shape index (κ1) is 34.0. The minimum absolute atomic E-state index is 0.0301. The SMILES string of the molecule is CCNC(=O)[C@]1(Cc2ccccc2)CCCN(C(=O)[C@@H](Cc2ccc(F)c(F)c2)NC(=O)NCCN2CCC(c3ccccc3)C2)C1. The van der Waals surface area contributed by atoms with Crippen LogP contribution < -0.4 is 16.0 Å². The van der Waals surface area contributed by atoms with E-state index in [4.69, 9.17) is 0 Å². The van der Waals surface area contributed by atoms with E-state index in [0.717, 1.165) is 37.2 Å². The number of rotatable bonds is 12. The number of piperidine rings is 1. The van der Waals surface area contributed by atoms with E-state index in [-0.39, 0.29) is 24.8 Å². The largest absolute Gasteiger partial charge is 0.356 e. The highest BCUT2D eigenvalue weighted by Gasteiger charge is 2.44. The molecule has 5 rings (SSSR count). The Kier molecular flexibility index (Phi) is 11.6. The van der Waals surface area contributed by atoms with Crippen LogP contribution in [0, 0.1) is 17.0 Å². The number of carbonyl (C=O) groups is 3. The van der Waals surface area contributed by atoms with Crippen LogP contribution in [0.15, 0.2) is 78.9 Å². The van der Waals surface area contributed by atoms with Gasteiger partial charge in [0.1, 0.15) is 6.04 Å². The monoisotopic (exact) mass is 645 g/mol. The molecular formula is C37H45F2N5O3. The maximum absolute atomic E-state index is 14.1. The average molecular weight is 646 g/mol. The molecular weight excluding hydrogens is 600 g/mol. The van der Waals surface area contributed by atoms with Gasteiger partial charge in [-0.1, -0.05) is 66.7 Å². The lowest BCUT2D eigenvalue weighted by molar-refractivity contribution is -0.142. The van der Waals surface area contributed by atoms with Crippen molar-refractivity contribution in [3.05, 3.63) is 107 Å². The number of hydrogen-bond acceptors (Lipinski definition) is 4. The zero-order valence-electron chi connectivity index (χ0n) is 27.0. The highest BCUT2D eigenvalue weighted by atomic mass is 19.2. The molecule has 10 heteroatoms. The molecule has 0 aliphatic carbocycles. The van der Waals surface area contributed by atoms with Crippen molar-refractivity contribution in [1.82, 2.24) is 25.8 Å². The van der Waals surface area contributed by atoms with Crippen molar-refractivity contribution in [2.24, 2.45) is 5.41 Å². The fourth-order valence-corrected chi connectivity index (χ4v) is 6.96. The molecule has 4 amide bonds. The quantitative estimate of drug-likeness (QED) is 0.268. The molecule has 2 aliphatic rings. The van der Waals surface area contributed by atoms with Crippen molar-refractivity contribution in [2.75, 3.05) is 45.8 Å². The summed E-state index contributed by atoms with van der Waals surface area (Å²) in [5.41, 5.74) is 1.85. The Hall–Kier alpha value is -4.31. The van der Waals surface area contributed by atoms with Gasteiger partial charge in [-0.2, -0.15) is 0 Å². The maximum atomic E-state index is 14.1. The number of nitrogens with zero attached hydrogens (tertiary/aromatic N) is 2. The van der Waals surface area contributed by atoms with E-state index in [0.29, 0.717) is 56.9 Å². The van der Waals surface area contributed by atoms with Crippen molar-refractivity contribution in [1.29, 1.82) is 0 Å². The summed E-state index contributed by atoms with van der Waals surface area (Å²) in [5, 5.41) is 8.66. The number of benzene rings is 3. The van der Waals surface area contributed by atoms with E-state index in [1.165, 1.54) is 11.6 Å². The van der Waals surface area contributed by atoms with Gasteiger partial charge in [0.2, 0.25) is 11.8 Å². The van der Waals surface area contributed by atoms with Gasteiger partial charge in [-0.25, -0.2) is 13.6 Å². The number of likely N-dealkylation sites (tertiary alicyclic amines) is 2. The molecule has 3 aromatic carbocycles. The van der Waals surface area contributed by atoms with Gasteiger partial charge in [0.15, 0.2) is 11.6 Å². The van der Waals surface area contributed by atoms with Gasteiger partial charge < -0.3 is 25.8 Å². The normalized spacial score (nSPS) is 20.4. The van der Waals surface area contributed by atoms with Crippen LogP contribution in [0.5, 0.6) is 0 Å². The lowest BCUT2D eigenvalue weighted by atomic mass is 9.74. The fourth-order valence-electron chi connectivity index (χ4n) is 6.96. The van der Waals surface area contributed by atoms with Crippen LogP contribution in [0.1, 0.15) is 48.8 Å². The molecule has 8 nitrogen and oxygen atoms in total. The lowest BCUT2D eigenvalue weighted by Gasteiger charge is -2.43. The van der Waals surface area contributed by atoms with Crippen LogP contribution in [0.25, 0.3) is 0 Å². The van der Waals surface area contributed by atoms with E-state index in [9.17, 15) is 23.2 Å². The summed E-state index contributed by atoms with van der Waals surface area (Å²) in [6, 6.07) is 22.1. The van der Waals surface area contributed by atoms with Crippen molar-refractivity contribution in [3.8, 4) is 0 Å². The molecule has 0 bridgehead atoms. The minimum Gasteiger partial charge on any atom is -0.356 e. The Morgan fingerprint density at radius 1 is 0.915 bits per heavy atom. The first-order valence-electron chi connectivity index (χ1n) is 16.6. The molecule has 2 heterocycles. The number of hydrogen-bond donors (Lipinski definition) is 3. The summed E-state index contributed by atoms with van der Waals surface area (Å²) in [6.45, 7) is 5.84. The average Bonchev–Trinajstić information content (AvgIpc) is 3.56. The Morgan fingerprint density at radius 3 is 2.38 bits per heavy atom. The van der Waals surface area contributed by atoms with E-state index >= 15 is 0 Å². The van der Waals surface area contributed by atoms with Crippen LogP contribution in [-0.4, -0.2) is 79.5 Å². The smallest absolute Gasteiger partial charge is 0.315 e. The van der Waals surface area contributed by atoms with Crippen molar-refractivity contribution in [3.63, 3.8) is 0 Å². The van der Waals surface area contributed by atoms with Crippen LogP contribution in [-0.2, 0) is 22.4 Å². The second-order valence-electron chi connectivity index (χ2n) is 12.8. The molecule has 0 spiro atoms. The second kappa shape index (κ2) is 16.0. The molecule has 0 aromatic heterocycles. The summed E-state index contributed by atoms with van der Waals surface area (Å²) in [4.78, 5) is 44.8. The van der Waals surface area contributed by atoms with Crippen molar-refractivity contribution < 1.29 is 23.2 Å². The van der Waals surface area contributed by atoms with E-state index < -0.39 is 29.1 Å². The zero-order valence-corrected chi connectivity index (χ0v) is 27.0. The molecule has 1 unspecified atom stereocenters. The van der Waals surface area contributed by atoms with Gasteiger partial charge in [-0.15, -0.1) is 0 Å². The fraction of sp³-hybridized carbons (Fsp3) is 0.432. The summed E-state index contributed by atoms with van der Waals surface area (Å²) < 4.78 is 27.9. The topological polar surface area (TPSA) is 93.8 Å². The first-order chi connectivity index (χ1) is 22.8. The van der Waals surface area contributed by atoms with E-state index in [2.05, 4.69) is 45.1 Å². The zero-order chi connectivity index (χ0) is 33.2. The second-order valence-corrected chi connectivity index (χ2v) is 12.8. The van der Waals surface area contributed by atoms with Gasteiger partial charge in [0, 0.05) is 45.7 Å². The molecule has 0 saturated carbocycles. The van der Waals surface area contributed by atoms with E-state index in [1.807, 2.05) is 43.3 Å². The molecule has 0 radical (unpaired) electrons. The molecule has 250 valence electrons. The van der Waals surface area contributed by atoms with Crippen LogP contribution in [0.3, 0.4) is 0 Å². The van der Waals surface area contributed by atoms with Crippen molar-refractivity contribution in [2.45, 2.75) is 51.0 Å². The standard InChI is InChI=1S/C37H45F2N5O3/c1-2-40-35(46)37(24-27-10-5-3-6-11-27)17-9-19-44(26-37)34(45)33(23-28-14-15-31(38)32(39)22-28)42-36(47)41-18-21-43-20-16-30(25-43)29-12-7-4-8-13-29/h3-8,10-15,22,30,33H,2,9,16-21,23-26H2,1H3,(H,40,46)(H2,41,42,47)/t30?,33-,37+/m1/s1. The Labute approximate surface area is 275 Å². The molecule has 47 heavy (non-hydrogen) atoms. The molecule has 2 saturated heterocycles. The lowest BCUT2D eigenvalue weighted by Crippen LogP contribution is -2.59. The molecule has 3 aromatic rings. The Balaban J connectivity index is 1.26. The first-order valence-corrected chi connectivity index (χ1v) is 16.6. The van der Waals surface area contributed by atoms with E-state index in [1.54, 1.807) is 4.90 Å². The predicted octanol–water partition coefficient (Wildman–Crippen LogP) is 4.65. The number of nitrogens with one attached hydrogen (secondary N) is 3. The van der Waals surface area contributed by atoms with Gasteiger partial charge in [-0.3, -0.25) is 9.59 Å². The molecule has 2 aliphatic heterocycles. The maximum Gasteiger partial charge on any atom is 0.315 e. The highest BCUT2D eigenvalue weighted by Crippen LogP contribution is 2.35. The Morgan fingerprint density at radius 2 is 1.66 bits per heavy atom. The molecule has 2 fully saturated rings. The Bertz CT molecular complexity index is 1510. The number of urea groups is 1. The van der Waals surface area contributed by atoms with Gasteiger partial charge in [0.25, 0.3) is 0 Å². The van der Waals surface area contributed by atoms with Gasteiger partial charge >= 0.3 is 6.03 Å². The van der Waals surface area contributed by atoms with Crippen molar-refractivity contribution >= 4 is 17.8 Å². The summed E-state index contributed by atoms with van der Waals surface area (Å²) in [6.07, 6.45) is 2.71. The summed E-state index contributed by atoms with van der Waals surface area (Å²) in [5.74, 6) is -2.02. The van der Waals surface area contributed by atoms with Crippen LogP contribution in [0.4, 0.5) is 13.6 Å². The highest BCUT2D eigenvalue weighted by molar-refractivity contribution is 5.89. The van der Waals surface area contributed by atoms with Gasteiger partial charge in [-0.05, 0) is 73.9 Å². The predicted molar refractivity (Wildman–Crippen MR) is 178 cm³/mol. The minimum atomic E-state index is -1.05.